The summed E-state index contributed by atoms with van der Waals surface area (Å²) in [6.45, 7) is 3.92. The highest BCUT2D eigenvalue weighted by atomic mass is 35.5. The van der Waals surface area contributed by atoms with Crippen LogP contribution in [0.5, 0.6) is 0 Å². The first kappa shape index (κ1) is 16.7. The van der Waals surface area contributed by atoms with E-state index in [9.17, 15) is 14.0 Å². The lowest BCUT2D eigenvalue weighted by Gasteiger charge is -2.29. The van der Waals surface area contributed by atoms with Gasteiger partial charge in [-0.05, 0) is 38.5 Å². The van der Waals surface area contributed by atoms with Crippen molar-refractivity contribution in [3.63, 3.8) is 0 Å². The Morgan fingerprint density at radius 3 is 2.77 bits per heavy atom. The Kier molecular flexibility index (Phi) is 5.03. The van der Waals surface area contributed by atoms with E-state index in [2.05, 4.69) is 0 Å². The van der Waals surface area contributed by atoms with Gasteiger partial charge in [-0.15, -0.1) is 0 Å². The van der Waals surface area contributed by atoms with E-state index < -0.39 is 17.8 Å². The highest BCUT2D eigenvalue weighted by Gasteiger charge is 2.38. The van der Waals surface area contributed by atoms with Crippen molar-refractivity contribution < 1.29 is 19.1 Å². The van der Waals surface area contributed by atoms with E-state index in [4.69, 9.17) is 16.7 Å². The van der Waals surface area contributed by atoms with Crippen LogP contribution < -0.4 is 4.90 Å². The molecule has 7 heteroatoms. The Hall–Kier alpha value is -1.66. The number of amides is 1. The average molecular weight is 329 g/mol. The number of carboxylic acid groups (broad SMARTS) is 1. The molecule has 0 radical (unpaired) electrons. The van der Waals surface area contributed by atoms with Gasteiger partial charge in [0.15, 0.2) is 0 Å². The number of benzene rings is 1. The first-order valence-electron chi connectivity index (χ1n) is 7.05. The van der Waals surface area contributed by atoms with Gasteiger partial charge < -0.3 is 10.0 Å². The third kappa shape index (κ3) is 3.39. The van der Waals surface area contributed by atoms with Crippen LogP contribution in [0.4, 0.5) is 10.1 Å². The lowest BCUT2D eigenvalue weighted by molar-refractivity contribution is -0.140. The molecule has 1 N–H and O–H groups in total. The maximum atomic E-state index is 13.6. The highest BCUT2D eigenvalue weighted by molar-refractivity contribution is 6.30. The Balaban J connectivity index is 2.20. The molecule has 0 bridgehead atoms. The first-order valence-corrected chi connectivity index (χ1v) is 7.43. The molecule has 2 rings (SSSR count). The second-order valence-electron chi connectivity index (χ2n) is 5.55. The van der Waals surface area contributed by atoms with Crippen LogP contribution in [-0.4, -0.2) is 47.1 Å². The van der Waals surface area contributed by atoms with E-state index in [1.807, 2.05) is 13.8 Å². The number of hydrogen-bond acceptors (Lipinski definition) is 3. The molecule has 1 heterocycles. The van der Waals surface area contributed by atoms with Gasteiger partial charge in [0.25, 0.3) is 0 Å². The summed E-state index contributed by atoms with van der Waals surface area (Å²) in [7, 11) is 0. The lowest BCUT2D eigenvalue weighted by Crippen LogP contribution is -2.47. The molecular weight excluding hydrogens is 311 g/mol. The molecule has 0 saturated carbocycles. The number of hydrogen-bond donors (Lipinski definition) is 1. The molecule has 120 valence electrons. The molecule has 1 aromatic rings. The van der Waals surface area contributed by atoms with E-state index in [1.54, 1.807) is 11.0 Å². The molecule has 1 aliphatic rings. The number of halogens is 2. The molecule has 1 aliphatic heterocycles. The highest BCUT2D eigenvalue weighted by Crippen LogP contribution is 2.28. The minimum absolute atomic E-state index is 0.00151. The topological polar surface area (TPSA) is 60.9 Å². The van der Waals surface area contributed by atoms with Crippen molar-refractivity contribution >= 4 is 29.2 Å². The van der Waals surface area contributed by atoms with Crippen molar-refractivity contribution in [2.75, 3.05) is 18.0 Å². The van der Waals surface area contributed by atoms with Gasteiger partial charge in [0.1, 0.15) is 5.82 Å². The van der Waals surface area contributed by atoms with Gasteiger partial charge in [0, 0.05) is 18.3 Å². The number of carbonyl (C=O) groups excluding carboxylic acids is 1. The normalized spacial score (nSPS) is 18.5. The number of rotatable bonds is 5. The summed E-state index contributed by atoms with van der Waals surface area (Å²) < 4.78 is 13.6. The van der Waals surface area contributed by atoms with Gasteiger partial charge >= 0.3 is 5.97 Å². The summed E-state index contributed by atoms with van der Waals surface area (Å²) in [4.78, 5) is 26.7. The van der Waals surface area contributed by atoms with E-state index in [0.717, 1.165) is 0 Å². The average Bonchev–Trinajstić information content (AvgIpc) is 2.80. The zero-order valence-corrected chi connectivity index (χ0v) is 13.2. The summed E-state index contributed by atoms with van der Waals surface area (Å²) in [5, 5.41) is 9.00. The minimum atomic E-state index is -0.975. The Morgan fingerprint density at radius 1 is 1.55 bits per heavy atom. The Morgan fingerprint density at radius 2 is 2.23 bits per heavy atom. The summed E-state index contributed by atoms with van der Waals surface area (Å²) >= 11 is 5.65. The molecule has 1 unspecified atom stereocenters. The van der Waals surface area contributed by atoms with E-state index in [0.29, 0.717) is 18.7 Å². The van der Waals surface area contributed by atoms with E-state index >= 15 is 0 Å². The van der Waals surface area contributed by atoms with Crippen LogP contribution in [0.2, 0.25) is 5.02 Å². The van der Waals surface area contributed by atoms with E-state index in [-0.39, 0.29) is 23.5 Å². The zero-order valence-electron chi connectivity index (χ0n) is 12.4. The fraction of sp³-hybridized carbons (Fsp3) is 0.467. The van der Waals surface area contributed by atoms with Gasteiger partial charge in [-0.1, -0.05) is 11.6 Å². The number of aliphatic carboxylic acids is 1. The molecule has 22 heavy (non-hydrogen) atoms. The molecular formula is C15H18ClFN2O3. The first-order chi connectivity index (χ1) is 10.3. The predicted molar refractivity (Wildman–Crippen MR) is 81.6 cm³/mol. The zero-order chi connectivity index (χ0) is 16.4. The van der Waals surface area contributed by atoms with Crippen molar-refractivity contribution in [3.05, 3.63) is 29.0 Å². The van der Waals surface area contributed by atoms with Gasteiger partial charge in [-0.3, -0.25) is 14.5 Å². The molecule has 1 atom stereocenters. The second-order valence-corrected chi connectivity index (χ2v) is 5.96. The summed E-state index contributed by atoms with van der Waals surface area (Å²) in [5.41, 5.74) is 0.438. The minimum Gasteiger partial charge on any atom is -0.480 e. The summed E-state index contributed by atoms with van der Waals surface area (Å²) in [6.07, 6.45) is 0.508. The number of nitrogens with zero attached hydrogens (tertiary/aromatic N) is 2. The maximum Gasteiger partial charge on any atom is 0.317 e. The quantitative estimate of drug-likeness (QED) is 0.901. The van der Waals surface area contributed by atoms with Crippen molar-refractivity contribution in [1.29, 1.82) is 0 Å². The second kappa shape index (κ2) is 6.62. The Labute approximate surface area is 133 Å². The number of carboxylic acids is 1. The van der Waals surface area contributed by atoms with Crippen LogP contribution in [0.25, 0.3) is 0 Å². The van der Waals surface area contributed by atoms with Crippen LogP contribution >= 0.6 is 11.6 Å². The molecule has 0 aliphatic carbocycles. The summed E-state index contributed by atoms with van der Waals surface area (Å²) in [6, 6.07) is 3.63. The smallest absolute Gasteiger partial charge is 0.317 e. The number of carbonyl (C=O) groups is 2. The fourth-order valence-electron chi connectivity index (χ4n) is 2.69. The van der Waals surface area contributed by atoms with Crippen LogP contribution in [-0.2, 0) is 9.59 Å². The fourth-order valence-corrected chi connectivity index (χ4v) is 2.81. The van der Waals surface area contributed by atoms with Crippen molar-refractivity contribution in [1.82, 2.24) is 4.90 Å². The predicted octanol–water partition coefficient (Wildman–Crippen LogP) is 2.38. The van der Waals surface area contributed by atoms with Crippen molar-refractivity contribution in [3.8, 4) is 0 Å². The Bertz CT molecular complexity index is 594. The molecule has 5 nitrogen and oxygen atoms in total. The monoisotopic (exact) mass is 328 g/mol. The summed E-state index contributed by atoms with van der Waals surface area (Å²) in [5.74, 6) is -1.77. The van der Waals surface area contributed by atoms with E-state index in [1.165, 1.54) is 17.0 Å². The van der Waals surface area contributed by atoms with Crippen molar-refractivity contribution in [2.45, 2.75) is 32.4 Å². The molecule has 1 aromatic carbocycles. The van der Waals surface area contributed by atoms with Crippen molar-refractivity contribution in [2.24, 2.45) is 0 Å². The molecule has 1 amide bonds. The van der Waals surface area contributed by atoms with Crippen LogP contribution in [0.15, 0.2) is 18.2 Å². The third-order valence-electron chi connectivity index (χ3n) is 3.77. The van der Waals surface area contributed by atoms with Gasteiger partial charge in [0.2, 0.25) is 5.91 Å². The maximum absolute atomic E-state index is 13.6. The van der Waals surface area contributed by atoms with Gasteiger partial charge in [-0.2, -0.15) is 0 Å². The number of anilines is 1. The standard InChI is InChI=1S/C15H18ClFN2O3/c1-9(2)19(8-14(20)21)13-5-6-18(15(13)22)10-3-4-11(16)12(17)7-10/h3-4,7,9,13H,5-6,8H2,1-2H3,(H,20,21). The lowest BCUT2D eigenvalue weighted by atomic mass is 10.1. The van der Waals surface area contributed by atoms with Crippen LogP contribution in [0.3, 0.4) is 0 Å². The third-order valence-corrected chi connectivity index (χ3v) is 4.08. The SMILES string of the molecule is CC(C)N(CC(=O)O)C1CCN(c2ccc(Cl)c(F)c2)C1=O. The molecule has 0 spiro atoms. The largest absolute Gasteiger partial charge is 0.480 e. The van der Waals surface area contributed by atoms with Crippen LogP contribution in [0, 0.1) is 5.82 Å². The van der Waals surface area contributed by atoms with Crippen LogP contribution in [0.1, 0.15) is 20.3 Å². The molecule has 1 saturated heterocycles. The molecule has 1 fully saturated rings. The van der Waals surface area contributed by atoms with Gasteiger partial charge in [0.05, 0.1) is 17.6 Å². The van der Waals surface area contributed by atoms with Gasteiger partial charge in [-0.25, -0.2) is 4.39 Å². The molecule has 0 aromatic heterocycles.